The molecule has 9 heteroatoms. The van der Waals surface area contributed by atoms with Crippen molar-refractivity contribution in [2.75, 3.05) is 58.4 Å². The van der Waals surface area contributed by atoms with E-state index in [4.69, 9.17) is 10.5 Å². The quantitative estimate of drug-likeness (QED) is 0.516. The molecule has 3 N–H and O–H groups in total. The van der Waals surface area contributed by atoms with Gasteiger partial charge in [-0.05, 0) is 12.5 Å². The van der Waals surface area contributed by atoms with Crippen LogP contribution in [0.2, 0.25) is 0 Å². The van der Waals surface area contributed by atoms with E-state index < -0.39 is 0 Å². The number of benzene rings is 1. The average molecular weight is 466 g/mol. The average Bonchev–Trinajstić information content (AvgIpc) is 2.89. The smallest absolute Gasteiger partial charge is 0.222 e. The monoisotopic (exact) mass is 465 g/mol. The van der Waals surface area contributed by atoms with E-state index in [1.165, 1.54) is 0 Å². The van der Waals surface area contributed by atoms with Gasteiger partial charge in [0.15, 0.2) is 5.82 Å². The van der Waals surface area contributed by atoms with Crippen LogP contribution in [0.3, 0.4) is 0 Å². The maximum Gasteiger partial charge on any atom is 0.222 e. The van der Waals surface area contributed by atoms with Gasteiger partial charge in [0.2, 0.25) is 5.91 Å². The van der Waals surface area contributed by atoms with Gasteiger partial charge in [-0.2, -0.15) is 0 Å². The molecule has 34 heavy (non-hydrogen) atoms. The summed E-state index contributed by atoms with van der Waals surface area (Å²) in [6, 6.07) is 8.10. The Morgan fingerprint density at radius 1 is 1.18 bits per heavy atom. The highest BCUT2D eigenvalue weighted by Gasteiger charge is 2.22. The van der Waals surface area contributed by atoms with Crippen molar-refractivity contribution >= 4 is 17.4 Å². The SMILES string of the molecule is CN=C(C)C(=CN)CN1CCN(c2nccnc2-c2ccc(CNC(=O)CCOC)cc2)CC1. The first-order valence-corrected chi connectivity index (χ1v) is 11.5. The van der Waals surface area contributed by atoms with E-state index in [2.05, 4.69) is 30.1 Å². The van der Waals surface area contributed by atoms with Gasteiger partial charge >= 0.3 is 0 Å². The van der Waals surface area contributed by atoms with Crippen molar-refractivity contribution in [3.63, 3.8) is 0 Å². The van der Waals surface area contributed by atoms with Gasteiger partial charge in [0.1, 0.15) is 5.69 Å². The highest BCUT2D eigenvalue weighted by Crippen LogP contribution is 2.27. The zero-order chi connectivity index (χ0) is 24.3. The van der Waals surface area contributed by atoms with Crippen molar-refractivity contribution in [1.82, 2.24) is 20.2 Å². The van der Waals surface area contributed by atoms with Crippen molar-refractivity contribution in [2.45, 2.75) is 19.9 Å². The maximum absolute atomic E-state index is 11.8. The standard InChI is InChI=1S/C25H35N7O2/c1-19(27-2)22(16-26)18-31-11-13-32(14-12-31)25-24(28-9-10-29-25)21-6-4-20(5-7-21)17-30-23(33)8-15-34-3/h4-7,9-10,16H,8,11-15,17-18,26H2,1-3H3,(H,30,33). The summed E-state index contributed by atoms with van der Waals surface area (Å²) in [6.45, 7) is 7.23. The molecule has 182 valence electrons. The number of ether oxygens (including phenoxy) is 1. The Hall–Kier alpha value is -3.30. The topological polar surface area (TPSA) is 109 Å². The molecule has 0 atom stereocenters. The summed E-state index contributed by atoms with van der Waals surface area (Å²) in [6.07, 6.45) is 5.49. The van der Waals surface area contributed by atoms with Crippen LogP contribution >= 0.6 is 0 Å². The summed E-state index contributed by atoms with van der Waals surface area (Å²) in [4.78, 5) is 30.0. The highest BCUT2D eigenvalue weighted by atomic mass is 16.5. The molecule has 0 bridgehead atoms. The zero-order valence-electron chi connectivity index (χ0n) is 20.3. The van der Waals surface area contributed by atoms with Gasteiger partial charge in [-0.25, -0.2) is 4.98 Å². The molecule has 2 aromatic rings. The van der Waals surface area contributed by atoms with Crippen molar-refractivity contribution in [2.24, 2.45) is 10.7 Å². The van der Waals surface area contributed by atoms with Crippen LogP contribution in [0.4, 0.5) is 5.82 Å². The zero-order valence-corrected chi connectivity index (χ0v) is 20.3. The number of hydrogen-bond acceptors (Lipinski definition) is 8. The van der Waals surface area contributed by atoms with Gasteiger partial charge in [-0.3, -0.25) is 19.7 Å². The minimum atomic E-state index is -0.0208. The van der Waals surface area contributed by atoms with Gasteiger partial charge in [-0.1, -0.05) is 24.3 Å². The van der Waals surface area contributed by atoms with Crippen molar-refractivity contribution in [1.29, 1.82) is 0 Å². The summed E-state index contributed by atoms with van der Waals surface area (Å²) in [5.74, 6) is 0.871. The van der Waals surface area contributed by atoms with Crippen LogP contribution in [0.5, 0.6) is 0 Å². The van der Waals surface area contributed by atoms with E-state index in [1.807, 2.05) is 31.2 Å². The second kappa shape index (κ2) is 12.8. The summed E-state index contributed by atoms with van der Waals surface area (Å²) in [7, 11) is 3.38. The Kier molecular flexibility index (Phi) is 9.54. The van der Waals surface area contributed by atoms with Gasteiger partial charge in [0, 0.05) is 95.3 Å². The number of carbonyl (C=O) groups excluding carboxylic acids is 1. The summed E-state index contributed by atoms with van der Waals surface area (Å²) < 4.78 is 4.94. The number of nitrogens with two attached hydrogens (primary N) is 1. The van der Waals surface area contributed by atoms with Gasteiger partial charge in [0.25, 0.3) is 0 Å². The van der Waals surface area contributed by atoms with Gasteiger partial charge < -0.3 is 20.7 Å². The van der Waals surface area contributed by atoms with Crippen molar-refractivity contribution < 1.29 is 9.53 Å². The fraction of sp³-hybridized carbons (Fsp3) is 0.440. The van der Waals surface area contributed by atoms with Crippen LogP contribution in [0.15, 0.2) is 53.4 Å². The number of anilines is 1. The Morgan fingerprint density at radius 3 is 2.53 bits per heavy atom. The van der Waals surface area contributed by atoms with Crippen molar-refractivity contribution in [3.05, 3.63) is 54.0 Å². The molecule has 0 spiro atoms. The highest BCUT2D eigenvalue weighted by molar-refractivity contribution is 5.98. The molecule has 2 heterocycles. The third kappa shape index (κ3) is 6.85. The molecule has 9 nitrogen and oxygen atoms in total. The third-order valence-corrected chi connectivity index (χ3v) is 6.00. The number of nitrogens with one attached hydrogen (secondary N) is 1. The lowest BCUT2D eigenvalue weighted by Gasteiger charge is -2.36. The molecule has 1 aliphatic heterocycles. The first-order valence-electron chi connectivity index (χ1n) is 11.5. The Morgan fingerprint density at radius 2 is 1.88 bits per heavy atom. The largest absolute Gasteiger partial charge is 0.404 e. The third-order valence-electron chi connectivity index (χ3n) is 6.00. The molecule has 1 aliphatic rings. The first-order chi connectivity index (χ1) is 16.5. The summed E-state index contributed by atoms with van der Waals surface area (Å²) in [5.41, 5.74) is 10.7. The van der Waals surface area contributed by atoms with E-state index in [1.54, 1.807) is 32.8 Å². The number of aromatic nitrogens is 2. The second-order valence-electron chi connectivity index (χ2n) is 8.21. The molecule has 3 rings (SSSR count). The fourth-order valence-electron chi connectivity index (χ4n) is 3.82. The maximum atomic E-state index is 11.8. The second-order valence-corrected chi connectivity index (χ2v) is 8.21. The number of carbonyl (C=O) groups is 1. The van der Waals surface area contributed by atoms with Crippen LogP contribution in [0, 0.1) is 0 Å². The van der Waals surface area contributed by atoms with Gasteiger partial charge in [-0.15, -0.1) is 0 Å². The minimum Gasteiger partial charge on any atom is -0.404 e. The minimum absolute atomic E-state index is 0.0208. The predicted octanol–water partition coefficient (Wildman–Crippen LogP) is 1.85. The number of aliphatic imine (C=N–C) groups is 1. The lowest BCUT2D eigenvalue weighted by atomic mass is 10.1. The number of rotatable bonds is 10. The summed E-state index contributed by atoms with van der Waals surface area (Å²) in [5, 5.41) is 2.91. The Bertz CT molecular complexity index is 997. The molecule has 1 amide bonds. The molecular weight excluding hydrogens is 430 g/mol. The number of hydrogen-bond donors (Lipinski definition) is 2. The fourth-order valence-corrected chi connectivity index (χ4v) is 3.82. The predicted molar refractivity (Wildman–Crippen MR) is 136 cm³/mol. The lowest BCUT2D eigenvalue weighted by Crippen LogP contribution is -2.47. The van der Waals surface area contributed by atoms with Gasteiger partial charge in [0.05, 0.1) is 6.61 Å². The van der Waals surface area contributed by atoms with E-state index in [0.29, 0.717) is 19.6 Å². The van der Waals surface area contributed by atoms with E-state index in [0.717, 1.165) is 66.6 Å². The molecule has 1 fully saturated rings. The summed E-state index contributed by atoms with van der Waals surface area (Å²) >= 11 is 0. The number of nitrogens with zero attached hydrogens (tertiary/aromatic N) is 5. The number of amides is 1. The normalized spacial score (nSPS) is 15.4. The molecule has 1 aromatic heterocycles. The Balaban J connectivity index is 1.62. The molecular formula is C25H35N7O2. The Labute approximate surface area is 201 Å². The molecule has 0 aliphatic carbocycles. The lowest BCUT2D eigenvalue weighted by molar-refractivity contribution is -0.122. The van der Waals surface area contributed by atoms with Crippen molar-refractivity contribution in [3.8, 4) is 11.3 Å². The molecule has 0 saturated carbocycles. The first kappa shape index (κ1) is 25.3. The van der Waals surface area contributed by atoms with Crippen LogP contribution in [0.1, 0.15) is 18.9 Å². The van der Waals surface area contributed by atoms with E-state index >= 15 is 0 Å². The van der Waals surface area contributed by atoms with Crippen LogP contribution in [0.25, 0.3) is 11.3 Å². The molecule has 0 unspecified atom stereocenters. The van der Waals surface area contributed by atoms with E-state index in [9.17, 15) is 4.79 Å². The van der Waals surface area contributed by atoms with Crippen LogP contribution < -0.4 is 16.0 Å². The van der Waals surface area contributed by atoms with Crippen LogP contribution in [-0.4, -0.2) is 80.0 Å². The molecule has 1 aromatic carbocycles. The number of piperazine rings is 1. The van der Waals surface area contributed by atoms with Crippen LogP contribution in [-0.2, 0) is 16.1 Å². The van der Waals surface area contributed by atoms with E-state index in [-0.39, 0.29) is 5.91 Å². The molecule has 1 saturated heterocycles. The number of methoxy groups -OCH3 is 1. The molecule has 0 radical (unpaired) electrons.